The molecular formula is C8H16N4S. The second kappa shape index (κ2) is 3.91. The molecule has 0 saturated carbocycles. The van der Waals surface area contributed by atoms with Gasteiger partial charge in [-0.05, 0) is 12.8 Å². The summed E-state index contributed by atoms with van der Waals surface area (Å²) in [6.45, 7) is 6.54. The van der Waals surface area contributed by atoms with Crippen molar-refractivity contribution in [2.24, 2.45) is 5.92 Å². The lowest BCUT2D eigenvalue weighted by molar-refractivity contribution is 0.505. The van der Waals surface area contributed by atoms with Gasteiger partial charge in [0.15, 0.2) is 0 Å². The van der Waals surface area contributed by atoms with Crippen LogP contribution in [0, 0.1) is 5.92 Å². The number of hydrogen-bond donors (Lipinski definition) is 1. The van der Waals surface area contributed by atoms with Gasteiger partial charge in [0.25, 0.3) is 0 Å². The van der Waals surface area contributed by atoms with Crippen LogP contribution >= 0.6 is 11.5 Å². The molecule has 0 radical (unpaired) electrons. The Bertz CT molecular complexity index is 271. The lowest BCUT2D eigenvalue weighted by Gasteiger charge is -2.26. The predicted octanol–water partition coefficient (Wildman–Crippen LogP) is 1.60. The Kier molecular flexibility index (Phi) is 3.08. The summed E-state index contributed by atoms with van der Waals surface area (Å²) in [7, 11) is 2.02. The van der Waals surface area contributed by atoms with E-state index in [2.05, 4.69) is 35.0 Å². The average molecular weight is 200 g/mol. The summed E-state index contributed by atoms with van der Waals surface area (Å²) < 4.78 is 3.95. The van der Waals surface area contributed by atoms with Crippen LogP contribution in [-0.2, 0) is 0 Å². The number of rotatable bonds is 3. The molecule has 0 aliphatic carbocycles. The molecule has 1 heterocycles. The van der Waals surface area contributed by atoms with E-state index in [1.165, 1.54) is 11.5 Å². The fourth-order valence-electron chi connectivity index (χ4n) is 0.991. The third-order valence-corrected chi connectivity index (χ3v) is 3.13. The van der Waals surface area contributed by atoms with Crippen molar-refractivity contribution < 1.29 is 0 Å². The number of anilines is 2. The molecule has 0 fully saturated rings. The van der Waals surface area contributed by atoms with Crippen LogP contribution in [-0.4, -0.2) is 22.4 Å². The van der Waals surface area contributed by atoms with Crippen molar-refractivity contribution in [2.75, 3.05) is 17.7 Å². The van der Waals surface area contributed by atoms with Crippen molar-refractivity contribution in [3.8, 4) is 0 Å². The molecular weight excluding hydrogens is 184 g/mol. The molecule has 1 aromatic heterocycles. The van der Waals surface area contributed by atoms with Crippen molar-refractivity contribution in [1.82, 2.24) is 9.36 Å². The molecule has 0 saturated heterocycles. The molecule has 0 aromatic carbocycles. The first-order valence-corrected chi connectivity index (χ1v) is 5.11. The third-order valence-electron chi connectivity index (χ3n) is 2.31. The van der Waals surface area contributed by atoms with E-state index in [-0.39, 0.29) is 0 Å². The largest absolute Gasteiger partial charge is 0.367 e. The first kappa shape index (κ1) is 10.2. The fraction of sp³-hybridized carbons (Fsp3) is 0.750. The summed E-state index contributed by atoms with van der Waals surface area (Å²) in [5.41, 5.74) is 5.45. The second-order valence-corrected chi connectivity index (χ2v) is 4.26. The van der Waals surface area contributed by atoms with Gasteiger partial charge in [0, 0.05) is 24.6 Å². The Labute approximate surface area is 82.9 Å². The third kappa shape index (κ3) is 2.30. The van der Waals surface area contributed by atoms with Gasteiger partial charge < -0.3 is 10.6 Å². The normalized spacial score (nSPS) is 13.3. The molecule has 1 unspecified atom stereocenters. The van der Waals surface area contributed by atoms with E-state index < -0.39 is 0 Å². The van der Waals surface area contributed by atoms with E-state index in [1.54, 1.807) is 0 Å². The topological polar surface area (TPSA) is 55.0 Å². The molecule has 0 amide bonds. The highest BCUT2D eigenvalue weighted by molar-refractivity contribution is 7.09. The Hall–Kier alpha value is -0.840. The van der Waals surface area contributed by atoms with Gasteiger partial charge in [0.1, 0.15) is 0 Å². The van der Waals surface area contributed by atoms with Crippen LogP contribution in [0.25, 0.3) is 0 Å². The van der Waals surface area contributed by atoms with Gasteiger partial charge in [-0.1, -0.05) is 13.8 Å². The van der Waals surface area contributed by atoms with Gasteiger partial charge in [-0.25, -0.2) is 0 Å². The Morgan fingerprint density at radius 1 is 1.38 bits per heavy atom. The van der Waals surface area contributed by atoms with Gasteiger partial charge >= 0.3 is 0 Å². The zero-order valence-electron chi connectivity index (χ0n) is 8.48. The van der Waals surface area contributed by atoms with Crippen molar-refractivity contribution in [3.63, 3.8) is 0 Å². The van der Waals surface area contributed by atoms with Gasteiger partial charge in [0.05, 0.1) is 0 Å². The Balaban J connectivity index is 2.73. The minimum Gasteiger partial charge on any atom is -0.367 e. The summed E-state index contributed by atoms with van der Waals surface area (Å²) in [6, 6.07) is 0.451. The van der Waals surface area contributed by atoms with Crippen molar-refractivity contribution in [3.05, 3.63) is 0 Å². The summed E-state index contributed by atoms with van der Waals surface area (Å²) in [4.78, 5) is 6.24. The summed E-state index contributed by atoms with van der Waals surface area (Å²) in [6.07, 6.45) is 0. The maximum atomic E-state index is 5.45. The van der Waals surface area contributed by atoms with Gasteiger partial charge in [-0.3, -0.25) is 0 Å². The smallest absolute Gasteiger partial charge is 0.233 e. The van der Waals surface area contributed by atoms with Crippen molar-refractivity contribution in [1.29, 1.82) is 0 Å². The average Bonchev–Trinajstić information content (AvgIpc) is 2.49. The molecule has 13 heavy (non-hydrogen) atoms. The maximum absolute atomic E-state index is 5.45. The SMILES string of the molecule is CC(C)C(C)N(C)c1nc(N)ns1. The van der Waals surface area contributed by atoms with E-state index in [1.807, 2.05) is 7.05 Å². The van der Waals surface area contributed by atoms with Crippen molar-refractivity contribution in [2.45, 2.75) is 26.8 Å². The number of aromatic nitrogens is 2. The number of nitrogens with zero attached hydrogens (tertiary/aromatic N) is 3. The first-order chi connectivity index (χ1) is 6.02. The van der Waals surface area contributed by atoms with Crippen LogP contribution in [0.5, 0.6) is 0 Å². The highest BCUT2D eigenvalue weighted by Crippen LogP contribution is 2.21. The minimum absolute atomic E-state index is 0.364. The molecule has 5 heteroatoms. The van der Waals surface area contributed by atoms with E-state index >= 15 is 0 Å². The number of nitrogens with two attached hydrogens (primary N) is 1. The van der Waals surface area contributed by atoms with Crippen LogP contribution in [0.3, 0.4) is 0 Å². The summed E-state index contributed by atoms with van der Waals surface area (Å²) in [5.74, 6) is 0.956. The molecule has 0 aliphatic rings. The van der Waals surface area contributed by atoms with E-state index in [0.717, 1.165) is 5.13 Å². The van der Waals surface area contributed by atoms with Gasteiger partial charge in [-0.2, -0.15) is 9.36 Å². The van der Waals surface area contributed by atoms with Crippen LogP contribution in [0.4, 0.5) is 11.1 Å². The lowest BCUT2D eigenvalue weighted by Crippen LogP contribution is -2.32. The van der Waals surface area contributed by atoms with E-state index in [4.69, 9.17) is 5.73 Å². The highest BCUT2D eigenvalue weighted by atomic mass is 32.1. The Morgan fingerprint density at radius 2 is 2.00 bits per heavy atom. The van der Waals surface area contributed by atoms with E-state index in [0.29, 0.717) is 17.9 Å². The molecule has 4 nitrogen and oxygen atoms in total. The molecule has 0 bridgehead atoms. The fourth-order valence-corrected chi connectivity index (χ4v) is 1.64. The molecule has 0 spiro atoms. The van der Waals surface area contributed by atoms with Gasteiger partial charge in [-0.15, -0.1) is 0 Å². The predicted molar refractivity (Wildman–Crippen MR) is 57.0 cm³/mol. The molecule has 74 valence electrons. The molecule has 1 rings (SSSR count). The van der Waals surface area contributed by atoms with Crippen molar-refractivity contribution >= 4 is 22.6 Å². The zero-order valence-corrected chi connectivity index (χ0v) is 9.30. The quantitative estimate of drug-likeness (QED) is 0.805. The molecule has 1 atom stereocenters. The van der Waals surface area contributed by atoms with Crippen LogP contribution in [0.2, 0.25) is 0 Å². The Morgan fingerprint density at radius 3 is 2.38 bits per heavy atom. The molecule has 2 N–H and O–H groups in total. The minimum atomic E-state index is 0.364. The molecule has 0 aliphatic heterocycles. The monoisotopic (exact) mass is 200 g/mol. The zero-order chi connectivity index (χ0) is 10.0. The summed E-state index contributed by atoms with van der Waals surface area (Å²) in [5, 5.41) is 0.888. The van der Waals surface area contributed by atoms with Crippen LogP contribution in [0.1, 0.15) is 20.8 Å². The summed E-state index contributed by atoms with van der Waals surface area (Å²) >= 11 is 1.34. The molecule has 1 aromatic rings. The maximum Gasteiger partial charge on any atom is 0.233 e. The van der Waals surface area contributed by atoms with Gasteiger partial charge in [0.2, 0.25) is 11.1 Å². The second-order valence-electron chi connectivity index (χ2n) is 3.53. The number of hydrogen-bond acceptors (Lipinski definition) is 5. The lowest BCUT2D eigenvalue weighted by atomic mass is 10.1. The standard InChI is InChI=1S/C8H16N4S/c1-5(2)6(3)12(4)8-10-7(9)11-13-8/h5-6H,1-4H3,(H2,9,11). The number of nitrogen functional groups attached to an aromatic ring is 1. The van der Waals surface area contributed by atoms with Crippen LogP contribution in [0.15, 0.2) is 0 Å². The first-order valence-electron chi connectivity index (χ1n) is 4.34. The van der Waals surface area contributed by atoms with Crippen LogP contribution < -0.4 is 10.6 Å². The van der Waals surface area contributed by atoms with E-state index in [9.17, 15) is 0 Å². The highest BCUT2D eigenvalue weighted by Gasteiger charge is 2.16.